The molecule has 6 rings (SSSR count). The number of fused-ring (bicyclic) bond motifs is 2. The van der Waals surface area contributed by atoms with Crippen LogP contribution in [0.1, 0.15) is 80.4 Å². The Bertz CT molecular complexity index is 1660. The molecule has 2 aromatic rings. The van der Waals surface area contributed by atoms with E-state index in [4.69, 9.17) is 24.4 Å². The Morgan fingerprint density at radius 3 is 1.10 bits per heavy atom. The van der Waals surface area contributed by atoms with Gasteiger partial charge in [0.1, 0.15) is 0 Å². The predicted octanol–water partition coefficient (Wildman–Crippen LogP) is 5.63. The summed E-state index contributed by atoms with van der Waals surface area (Å²) in [5, 5.41) is 0. The van der Waals surface area contributed by atoms with Crippen molar-refractivity contribution < 1.29 is 51.0 Å². The van der Waals surface area contributed by atoms with Crippen LogP contribution in [0.25, 0.3) is 11.1 Å². The van der Waals surface area contributed by atoms with Crippen LogP contribution in [0.3, 0.4) is 0 Å². The maximum absolute atomic E-state index is 6.31. The normalized spacial score (nSPS) is 20.5. The van der Waals surface area contributed by atoms with E-state index in [1.807, 2.05) is 0 Å². The van der Waals surface area contributed by atoms with Crippen LogP contribution in [0.2, 0.25) is 0 Å². The first-order valence-corrected chi connectivity index (χ1v) is 17.6. The van der Waals surface area contributed by atoms with Crippen LogP contribution in [0.4, 0.5) is 0 Å². The molecule has 0 N–H and O–H groups in total. The maximum Gasteiger partial charge on any atom is 4.00 e. The van der Waals surface area contributed by atoms with Crippen LogP contribution < -0.4 is 24.8 Å². The van der Waals surface area contributed by atoms with Crippen molar-refractivity contribution in [3.8, 4) is 0 Å². The standard InChI is InChI=1S/C43H46S2.2ClH.Zr/c1-23(2)29-21-31-35(27-17-13-11-14-18-27)39(33(25(5)6)37(31)41(29)44)43(9,10)40-34(26(7)8)38-32(22-30(24(3)4)42(38)45)36(40)28-19-15-12-16-20-28;;;/h11-20,23-26,31-32H,1-10H3;2*1H;/q-2;;;+4/p-2. The molecule has 0 heterocycles. The molecule has 0 nitrogen and oxygen atoms in total. The first-order chi connectivity index (χ1) is 21.3. The van der Waals surface area contributed by atoms with Gasteiger partial charge in [0.05, 0.1) is 0 Å². The first kappa shape index (κ1) is 40.9. The third-order valence-corrected chi connectivity index (χ3v) is 11.0. The second-order valence-electron chi connectivity index (χ2n) is 14.8. The summed E-state index contributed by atoms with van der Waals surface area (Å²) < 4.78 is 0. The van der Waals surface area contributed by atoms with Crippen molar-refractivity contribution in [3.63, 3.8) is 0 Å². The molecule has 5 heteroatoms. The smallest absolute Gasteiger partial charge is 1.00 e. The summed E-state index contributed by atoms with van der Waals surface area (Å²) in [6.07, 6.45) is 7.93. The number of hydrogen-bond acceptors (Lipinski definition) is 2. The van der Waals surface area contributed by atoms with Gasteiger partial charge >= 0.3 is 26.2 Å². The maximum atomic E-state index is 6.31. The van der Waals surface area contributed by atoms with Gasteiger partial charge in [-0.2, -0.15) is 0 Å². The largest absolute Gasteiger partial charge is 4.00 e. The van der Waals surface area contributed by atoms with Crippen molar-refractivity contribution in [1.29, 1.82) is 0 Å². The van der Waals surface area contributed by atoms with Gasteiger partial charge in [0, 0.05) is 5.41 Å². The van der Waals surface area contributed by atoms with E-state index < -0.39 is 0 Å². The Hall–Kier alpha value is -1.48. The van der Waals surface area contributed by atoms with E-state index in [-0.39, 0.29) is 68.3 Å². The second kappa shape index (κ2) is 15.4. The van der Waals surface area contributed by atoms with E-state index in [1.54, 1.807) is 0 Å². The molecule has 248 valence electrons. The molecule has 4 aliphatic carbocycles. The minimum absolute atomic E-state index is 0. The molecule has 0 saturated heterocycles. The van der Waals surface area contributed by atoms with E-state index in [9.17, 15) is 0 Å². The minimum Gasteiger partial charge on any atom is -1.00 e. The van der Waals surface area contributed by atoms with Gasteiger partial charge in [-0.3, -0.25) is 12.2 Å². The topological polar surface area (TPSA) is 0 Å². The third-order valence-electron chi connectivity index (χ3n) is 10.1. The SMILES string of the molecule is CC(C)C1=[C-]C2C(=C(C(C)C)C(C(C)(C)C3=C(c4ccccc4)C4[C-]=C(C(C)C)C(=S)C4=C3C(C)C)=C2c2ccccc2)C1=S.[Cl-].[Cl-].[Zr+4]. The van der Waals surface area contributed by atoms with Gasteiger partial charge in [-0.25, -0.2) is 35.6 Å². The molecule has 0 amide bonds. The Labute approximate surface area is 332 Å². The van der Waals surface area contributed by atoms with Gasteiger partial charge in [-0.1, -0.05) is 165 Å². The molecule has 2 unspecified atom stereocenters. The zero-order chi connectivity index (χ0) is 32.5. The fourth-order valence-electron chi connectivity index (χ4n) is 8.36. The van der Waals surface area contributed by atoms with Gasteiger partial charge in [-0.15, -0.1) is 20.9 Å². The van der Waals surface area contributed by atoms with E-state index in [0.29, 0.717) is 23.7 Å². The monoisotopic (exact) mass is 786 g/mol. The van der Waals surface area contributed by atoms with Crippen LogP contribution in [0, 0.1) is 53.1 Å². The Morgan fingerprint density at radius 1 is 0.521 bits per heavy atom. The Balaban J connectivity index is 0.00000208. The zero-order valence-electron chi connectivity index (χ0n) is 29.8. The quantitative estimate of drug-likeness (QED) is 0.252. The fourth-order valence-corrected chi connectivity index (χ4v) is 9.41. The van der Waals surface area contributed by atoms with E-state index in [2.05, 4.69) is 142 Å². The van der Waals surface area contributed by atoms with Gasteiger partial charge < -0.3 is 24.8 Å². The zero-order valence-corrected chi connectivity index (χ0v) is 35.4. The average Bonchev–Trinajstić information content (AvgIpc) is 3.71. The summed E-state index contributed by atoms with van der Waals surface area (Å²) in [6.45, 7) is 23.3. The molecular weight excluding hydrogens is 743 g/mol. The molecule has 48 heavy (non-hydrogen) atoms. The second-order valence-corrected chi connectivity index (χ2v) is 15.7. The molecule has 0 radical (unpaired) electrons. The molecule has 0 bridgehead atoms. The molecule has 0 aromatic heterocycles. The van der Waals surface area contributed by atoms with Crippen LogP contribution in [0.5, 0.6) is 0 Å². The molecule has 4 aliphatic rings. The van der Waals surface area contributed by atoms with Crippen molar-refractivity contribution >= 4 is 45.3 Å². The number of benzene rings is 2. The molecule has 0 spiro atoms. The molecular formula is C43H46Cl2S2Zr. The van der Waals surface area contributed by atoms with E-state index in [0.717, 1.165) is 9.73 Å². The number of hydrogen-bond donors (Lipinski definition) is 0. The van der Waals surface area contributed by atoms with E-state index >= 15 is 0 Å². The molecule has 0 aliphatic heterocycles. The van der Waals surface area contributed by atoms with Crippen LogP contribution in [0.15, 0.2) is 105 Å². The summed E-state index contributed by atoms with van der Waals surface area (Å²) in [5.74, 6) is 1.41. The van der Waals surface area contributed by atoms with Gasteiger partial charge in [0.15, 0.2) is 0 Å². The average molecular weight is 789 g/mol. The first-order valence-electron chi connectivity index (χ1n) is 16.7. The van der Waals surface area contributed by atoms with E-state index in [1.165, 1.54) is 66.9 Å². The number of halogens is 2. The number of allylic oxidation sites excluding steroid dienone is 12. The number of rotatable bonds is 8. The van der Waals surface area contributed by atoms with Crippen LogP contribution in [-0.4, -0.2) is 9.73 Å². The van der Waals surface area contributed by atoms with Gasteiger partial charge in [0.25, 0.3) is 0 Å². The number of thiocarbonyl (C=S) groups is 2. The van der Waals surface area contributed by atoms with Crippen LogP contribution in [-0.2, 0) is 26.2 Å². The molecule has 2 aromatic carbocycles. The predicted molar refractivity (Wildman–Crippen MR) is 200 cm³/mol. The molecule has 0 saturated carbocycles. The summed E-state index contributed by atoms with van der Waals surface area (Å²) in [6, 6.07) is 22.0. The molecule has 2 atom stereocenters. The van der Waals surface area contributed by atoms with Crippen molar-refractivity contribution in [1.82, 2.24) is 0 Å². The Kier molecular flexibility index (Phi) is 13.1. The van der Waals surface area contributed by atoms with Gasteiger partial charge in [-0.05, 0) is 45.3 Å². The summed E-state index contributed by atoms with van der Waals surface area (Å²) in [4.78, 5) is 2.03. The van der Waals surface area contributed by atoms with Crippen molar-refractivity contribution in [2.24, 2.45) is 40.9 Å². The third kappa shape index (κ3) is 6.43. The Morgan fingerprint density at radius 2 is 0.833 bits per heavy atom. The minimum atomic E-state index is -0.338. The summed E-state index contributed by atoms with van der Waals surface area (Å²) in [5.41, 5.74) is 15.6. The molecule has 0 fully saturated rings. The van der Waals surface area contributed by atoms with Gasteiger partial charge in [0.2, 0.25) is 0 Å². The van der Waals surface area contributed by atoms with Crippen LogP contribution >= 0.6 is 24.4 Å². The summed E-state index contributed by atoms with van der Waals surface area (Å²) >= 11 is 12.6. The van der Waals surface area contributed by atoms with Crippen molar-refractivity contribution in [3.05, 3.63) is 129 Å². The van der Waals surface area contributed by atoms with Crippen molar-refractivity contribution in [2.75, 3.05) is 0 Å². The van der Waals surface area contributed by atoms with Crippen molar-refractivity contribution in [2.45, 2.75) is 69.2 Å². The summed E-state index contributed by atoms with van der Waals surface area (Å²) in [7, 11) is 0. The fraction of sp³-hybridized carbons (Fsp3) is 0.395.